The van der Waals surface area contributed by atoms with Crippen LogP contribution < -0.4 is 0 Å². The highest BCUT2D eigenvalue weighted by molar-refractivity contribution is 5.96. The van der Waals surface area contributed by atoms with Gasteiger partial charge in [0.2, 0.25) is 0 Å². The molecule has 0 aliphatic heterocycles. The van der Waals surface area contributed by atoms with Crippen molar-refractivity contribution in [2.75, 3.05) is 0 Å². The van der Waals surface area contributed by atoms with Crippen molar-refractivity contribution in [2.24, 2.45) is 0 Å². The SMILES string of the molecule is Cc1cc(-c2cc(-c3ccc(Cc4ccccc4)cc3)ccn2)cc(-c2cccc3c2nc(-c2cc(C(C)(C)C)cc(C)c2O)n3Cc2ccccc2)c1. The van der Waals surface area contributed by atoms with E-state index in [4.69, 9.17) is 9.97 Å². The maximum atomic E-state index is 11.6. The van der Waals surface area contributed by atoms with Gasteiger partial charge in [-0.05, 0) is 112 Å². The summed E-state index contributed by atoms with van der Waals surface area (Å²) >= 11 is 0. The molecule has 8 aromatic rings. The lowest BCUT2D eigenvalue weighted by Crippen LogP contribution is -2.12. The minimum atomic E-state index is -0.0935. The minimum absolute atomic E-state index is 0.0935. The van der Waals surface area contributed by atoms with Gasteiger partial charge < -0.3 is 9.67 Å². The van der Waals surface area contributed by atoms with Gasteiger partial charge in [-0.2, -0.15) is 0 Å². The second kappa shape index (κ2) is 14.3. The first kappa shape index (κ1) is 34.8. The van der Waals surface area contributed by atoms with Crippen molar-refractivity contribution in [2.45, 2.75) is 53.0 Å². The van der Waals surface area contributed by atoms with Crippen LogP contribution in [0, 0.1) is 13.8 Å². The van der Waals surface area contributed by atoms with Gasteiger partial charge in [-0.25, -0.2) is 4.98 Å². The first-order chi connectivity index (χ1) is 26.1. The Morgan fingerprint density at radius 3 is 2.00 bits per heavy atom. The molecule has 0 fully saturated rings. The quantitative estimate of drug-likeness (QED) is 0.171. The molecule has 54 heavy (non-hydrogen) atoms. The van der Waals surface area contributed by atoms with Gasteiger partial charge in [0.15, 0.2) is 0 Å². The first-order valence-corrected chi connectivity index (χ1v) is 18.7. The van der Waals surface area contributed by atoms with Gasteiger partial charge in [-0.15, -0.1) is 0 Å². The van der Waals surface area contributed by atoms with Gasteiger partial charge in [0.25, 0.3) is 0 Å². The molecule has 0 spiro atoms. The number of imidazole rings is 1. The van der Waals surface area contributed by atoms with Crippen molar-refractivity contribution in [1.29, 1.82) is 0 Å². The number of benzene rings is 6. The highest BCUT2D eigenvalue weighted by Gasteiger charge is 2.23. The molecule has 4 nitrogen and oxygen atoms in total. The van der Waals surface area contributed by atoms with Crippen LogP contribution in [-0.2, 0) is 18.4 Å². The molecular formula is C50H45N3O. The number of hydrogen-bond donors (Lipinski definition) is 1. The molecule has 0 atom stereocenters. The summed E-state index contributed by atoms with van der Waals surface area (Å²) in [6.45, 7) is 11.4. The van der Waals surface area contributed by atoms with Crippen molar-refractivity contribution in [1.82, 2.24) is 14.5 Å². The Morgan fingerprint density at radius 1 is 0.593 bits per heavy atom. The predicted octanol–water partition coefficient (Wildman–Crippen LogP) is 12.4. The Hall–Kier alpha value is -6.26. The van der Waals surface area contributed by atoms with Gasteiger partial charge in [0.05, 0.1) is 22.3 Å². The number of fused-ring (bicyclic) bond motifs is 1. The van der Waals surface area contributed by atoms with Crippen LogP contribution in [-0.4, -0.2) is 19.6 Å². The van der Waals surface area contributed by atoms with Crippen LogP contribution in [0.15, 0.2) is 152 Å². The maximum Gasteiger partial charge on any atom is 0.145 e. The highest BCUT2D eigenvalue weighted by Crippen LogP contribution is 2.40. The van der Waals surface area contributed by atoms with Gasteiger partial charge >= 0.3 is 0 Å². The number of pyridine rings is 1. The van der Waals surface area contributed by atoms with Gasteiger partial charge in [-0.1, -0.05) is 130 Å². The summed E-state index contributed by atoms with van der Waals surface area (Å²) in [6.07, 6.45) is 2.82. The molecular weight excluding hydrogens is 659 g/mol. The van der Waals surface area contributed by atoms with E-state index in [-0.39, 0.29) is 11.2 Å². The lowest BCUT2D eigenvalue weighted by Gasteiger charge is -2.22. The van der Waals surface area contributed by atoms with E-state index in [2.05, 4.69) is 172 Å². The number of hydrogen-bond acceptors (Lipinski definition) is 3. The van der Waals surface area contributed by atoms with Crippen LogP contribution in [0.25, 0.3) is 55.9 Å². The molecule has 0 aliphatic rings. The summed E-state index contributed by atoms with van der Waals surface area (Å²) in [4.78, 5) is 10.2. The summed E-state index contributed by atoms with van der Waals surface area (Å²) in [6, 6.07) is 51.5. The van der Waals surface area contributed by atoms with E-state index >= 15 is 0 Å². The van der Waals surface area contributed by atoms with Crippen molar-refractivity contribution in [3.63, 3.8) is 0 Å². The van der Waals surface area contributed by atoms with Crippen LogP contribution in [0.5, 0.6) is 5.75 Å². The van der Waals surface area contributed by atoms with E-state index in [0.717, 1.165) is 73.5 Å². The number of phenolic OH excluding ortho intramolecular Hbond substituents is 1. The average Bonchev–Trinajstić information content (AvgIpc) is 3.54. The molecule has 0 saturated carbocycles. The van der Waals surface area contributed by atoms with Crippen LogP contribution >= 0.6 is 0 Å². The summed E-state index contributed by atoms with van der Waals surface area (Å²) in [5, 5.41) is 11.6. The fraction of sp³-hybridized carbons (Fsp3) is 0.160. The summed E-state index contributed by atoms with van der Waals surface area (Å²) in [5.41, 5.74) is 15.9. The van der Waals surface area contributed by atoms with E-state index in [9.17, 15) is 5.11 Å². The van der Waals surface area contributed by atoms with Crippen molar-refractivity contribution < 1.29 is 5.11 Å². The minimum Gasteiger partial charge on any atom is -0.507 e. The lowest BCUT2D eigenvalue weighted by atomic mass is 9.84. The van der Waals surface area contributed by atoms with E-state index in [1.54, 1.807) is 0 Å². The van der Waals surface area contributed by atoms with Gasteiger partial charge in [-0.3, -0.25) is 4.98 Å². The Morgan fingerprint density at radius 2 is 1.28 bits per heavy atom. The van der Waals surface area contributed by atoms with E-state index < -0.39 is 0 Å². The zero-order chi connectivity index (χ0) is 37.4. The van der Waals surface area contributed by atoms with Crippen LogP contribution in [0.4, 0.5) is 0 Å². The fourth-order valence-corrected chi connectivity index (χ4v) is 7.40. The van der Waals surface area contributed by atoms with E-state index in [0.29, 0.717) is 6.54 Å². The Kier molecular flexibility index (Phi) is 9.21. The lowest BCUT2D eigenvalue weighted by molar-refractivity contribution is 0.471. The molecule has 0 amide bonds. The maximum absolute atomic E-state index is 11.6. The number of phenols is 1. The smallest absolute Gasteiger partial charge is 0.145 e. The highest BCUT2D eigenvalue weighted by atomic mass is 16.3. The Balaban J connectivity index is 1.21. The standard InChI is InChI=1S/C50H45N3O/c1-33-25-40(29-41(26-33)45-30-39(23-24-51-45)38-21-19-36(20-22-38)28-35-13-8-6-9-14-35)43-17-12-18-46-47(43)52-49(53(46)32-37-15-10-7-11-16-37)44-31-42(50(3,4)5)27-34(2)48(44)54/h6-27,29-31,54H,28,32H2,1-5H3. The number of aromatic nitrogens is 3. The molecule has 0 saturated heterocycles. The number of aromatic hydroxyl groups is 1. The molecule has 266 valence electrons. The molecule has 2 aromatic heterocycles. The van der Waals surface area contributed by atoms with Gasteiger partial charge in [0, 0.05) is 23.9 Å². The molecule has 2 heterocycles. The predicted molar refractivity (Wildman–Crippen MR) is 224 cm³/mol. The number of rotatable bonds is 8. The third-order valence-electron chi connectivity index (χ3n) is 10.4. The summed E-state index contributed by atoms with van der Waals surface area (Å²) in [7, 11) is 0. The number of nitrogens with zero attached hydrogens (tertiary/aromatic N) is 3. The van der Waals surface area contributed by atoms with Crippen molar-refractivity contribution >= 4 is 11.0 Å². The summed E-state index contributed by atoms with van der Waals surface area (Å²) < 4.78 is 2.25. The summed E-state index contributed by atoms with van der Waals surface area (Å²) in [5.74, 6) is 1.02. The largest absolute Gasteiger partial charge is 0.507 e. The second-order valence-electron chi connectivity index (χ2n) is 15.5. The molecule has 0 unspecified atom stereocenters. The normalized spacial score (nSPS) is 11.6. The Bertz CT molecular complexity index is 2600. The van der Waals surface area contributed by atoms with Crippen LogP contribution in [0.2, 0.25) is 0 Å². The third-order valence-corrected chi connectivity index (χ3v) is 10.4. The molecule has 0 bridgehead atoms. The molecule has 6 aromatic carbocycles. The second-order valence-corrected chi connectivity index (χ2v) is 15.5. The zero-order valence-electron chi connectivity index (χ0n) is 31.6. The van der Waals surface area contributed by atoms with Crippen LogP contribution in [0.1, 0.15) is 54.2 Å². The molecule has 8 rings (SSSR count). The Labute approximate surface area is 318 Å². The molecule has 4 heteroatoms. The molecule has 0 aliphatic carbocycles. The topological polar surface area (TPSA) is 50.9 Å². The third kappa shape index (κ3) is 7.08. The number of para-hydroxylation sites is 1. The molecule has 0 radical (unpaired) electrons. The number of aryl methyl sites for hydroxylation is 2. The monoisotopic (exact) mass is 703 g/mol. The van der Waals surface area contributed by atoms with E-state index in [1.165, 1.54) is 22.3 Å². The van der Waals surface area contributed by atoms with Gasteiger partial charge in [0.1, 0.15) is 11.6 Å². The van der Waals surface area contributed by atoms with Crippen LogP contribution in [0.3, 0.4) is 0 Å². The van der Waals surface area contributed by atoms with Crippen molar-refractivity contribution in [3.8, 4) is 50.6 Å². The van der Waals surface area contributed by atoms with E-state index in [1.807, 2.05) is 19.2 Å². The fourth-order valence-electron chi connectivity index (χ4n) is 7.40. The van der Waals surface area contributed by atoms with Crippen molar-refractivity contribution in [3.05, 3.63) is 185 Å². The average molecular weight is 704 g/mol. The first-order valence-electron chi connectivity index (χ1n) is 18.7. The molecule has 1 N–H and O–H groups in total. The zero-order valence-corrected chi connectivity index (χ0v) is 31.6.